The number of thiazole rings is 1. The molecule has 2 bridgehead atoms. The maximum absolute atomic E-state index is 13.9. The highest BCUT2D eigenvalue weighted by molar-refractivity contribution is 7.17. The van der Waals surface area contributed by atoms with E-state index in [9.17, 15) is 31.5 Å². The highest BCUT2D eigenvalue weighted by Crippen LogP contribution is 2.42. The van der Waals surface area contributed by atoms with Gasteiger partial charge in [0.05, 0.1) is 11.5 Å². The first kappa shape index (κ1) is 24.3. The maximum atomic E-state index is 13.9. The van der Waals surface area contributed by atoms with E-state index >= 15 is 0 Å². The molecular weight excluding hydrogens is 483 g/mol. The third-order valence-corrected chi connectivity index (χ3v) is 6.92. The van der Waals surface area contributed by atoms with E-state index in [1.54, 1.807) is 11.8 Å². The molecule has 0 aliphatic carbocycles. The number of amides is 1. The Labute approximate surface area is 195 Å². The number of aromatic nitrogens is 2. The molecule has 0 atom stereocenters. The molecule has 2 fully saturated rings. The molecule has 13 heteroatoms. The summed E-state index contributed by atoms with van der Waals surface area (Å²) >= 11 is 0.719. The molecule has 0 saturated carbocycles. The average Bonchev–Trinajstić information content (AvgIpc) is 3.51. The van der Waals surface area contributed by atoms with Crippen molar-refractivity contribution in [2.45, 2.75) is 57.3 Å². The van der Waals surface area contributed by atoms with Crippen LogP contribution in [0.5, 0.6) is 0 Å². The Morgan fingerprint density at radius 2 is 1.88 bits per heavy atom. The second kappa shape index (κ2) is 9.43. The molecule has 1 N–H and O–H groups in total. The minimum Gasteiger partial charge on any atom is -0.461 e. The van der Waals surface area contributed by atoms with Gasteiger partial charge in [-0.1, -0.05) is 0 Å². The summed E-state index contributed by atoms with van der Waals surface area (Å²) in [5, 5.41) is 1.79. The number of esters is 1. The first-order valence-electron chi connectivity index (χ1n) is 10.7. The first-order chi connectivity index (χ1) is 16.1. The fraction of sp³-hybridized carbons (Fsp3) is 0.524. The fourth-order valence-electron chi connectivity index (χ4n) is 4.42. The molecule has 2 saturated heterocycles. The van der Waals surface area contributed by atoms with Crippen molar-refractivity contribution >= 4 is 29.0 Å². The van der Waals surface area contributed by atoms with Crippen molar-refractivity contribution < 1.29 is 36.3 Å². The molecule has 2 aromatic rings. The number of ether oxygens (including phenoxy) is 1. The quantitative estimate of drug-likeness (QED) is 0.419. The van der Waals surface area contributed by atoms with Crippen LogP contribution in [0.2, 0.25) is 0 Å². The minimum atomic E-state index is -4.56. The van der Waals surface area contributed by atoms with Gasteiger partial charge in [0, 0.05) is 29.4 Å². The molecule has 1 amide bonds. The van der Waals surface area contributed by atoms with Crippen LogP contribution in [-0.4, -0.2) is 58.2 Å². The molecular formula is C21H21F5N4O3S. The summed E-state index contributed by atoms with van der Waals surface area (Å²) in [6.45, 7) is 0.194. The van der Waals surface area contributed by atoms with Crippen molar-refractivity contribution in [1.82, 2.24) is 14.9 Å². The Hall–Kier alpha value is -2.83. The lowest BCUT2D eigenvalue weighted by molar-refractivity contribution is -0.115. The van der Waals surface area contributed by atoms with E-state index in [-0.39, 0.29) is 39.8 Å². The zero-order valence-corrected chi connectivity index (χ0v) is 18.8. The number of rotatable bonds is 7. The van der Waals surface area contributed by atoms with Crippen LogP contribution < -0.4 is 5.32 Å². The number of hydrogen-bond donors (Lipinski definition) is 1. The lowest BCUT2D eigenvalue weighted by Gasteiger charge is -2.21. The number of carbonyl (C=O) groups excluding carboxylic acids is 2. The molecule has 7 nitrogen and oxygen atoms in total. The van der Waals surface area contributed by atoms with Gasteiger partial charge in [0.1, 0.15) is 18.1 Å². The van der Waals surface area contributed by atoms with Crippen molar-refractivity contribution in [3.05, 3.63) is 28.5 Å². The predicted molar refractivity (Wildman–Crippen MR) is 113 cm³/mol. The maximum Gasteiger partial charge on any atom is 0.405 e. The van der Waals surface area contributed by atoms with Crippen LogP contribution in [0.15, 0.2) is 12.3 Å². The monoisotopic (exact) mass is 504 g/mol. The molecule has 0 unspecified atom stereocenters. The van der Waals surface area contributed by atoms with Crippen molar-refractivity contribution in [2.75, 3.05) is 18.5 Å². The number of anilines is 1. The third-order valence-electron chi connectivity index (χ3n) is 5.85. The van der Waals surface area contributed by atoms with Crippen LogP contribution in [0.4, 0.5) is 27.8 Å². The summed E-state index contributed by atoms with van der Waals surface area (Å²) in [6.07, 6.45) is -3.32. The molecule has 2 aliphatic heterocycles. The van der Waals surface area contributed by atoms with Crippen LogP contribution in [0.25, 0.3) is 10.4 Å². The highest BCUT2D eigenvalue weighted by Gasteiger charge is 2.44. The normalized spacial score (nSPS) is 19.7. The van der Waals surface area contributed by atoms with Gasteiger partial charge in [-0.25, -0.2) is 23.5 Å². The number of alkyl halides is 5. The van der Waals surface area contributed by atoms with Crippen LogP contribution >= 0.6 is 11.3 Å². The summed E-state index contributed by atoms with van der Waals surface area (Å²) in [7, 11) is 0. The number of halogens is 5. The molecule has 0 radical (unpaired) electrons. The van der Waals surface area contributed by atoms with Gasteiger partial charge in [-0.05, 0) is 38.7 Å². The van der Waals surface area contributed by atoms with Gasteiger partial charge in [-0.3, -0.25) is 4.79 Å². The Morgan fingerprint density at radius 3 is 2.44 bits per heavy atom. The van der Waals surface area contributed by atoms with Crippen molar-refractivity contribution in [1.29, 1.82) is 0 Å². The Kier molecular flexibility index (Phi) is 6.74. The van der Waals surface area contributed by atoms with Gasteiger partial charge in [0.25, 0.3) is 12.3 Å². The van der Waals surface area contributed by atoms with Gasteiger partial charge in [-0.2, -0.15) is 13.2 Å². The summed E-state index contributed by atoms with van der Waals surface area (Å²) in [4.78, 5) is 35.4. The number of hydrogen-bond acceptors (Lipinski definition) is 7. The molecule has 0 spiro atoms. The van der Waals surface area contributed by atoms with E-state index in [0.717, 1.165) is 49.3 Å². The van der Waals surface area contributed by atoms with E-state index in [1.165, 1.54) is 0 Å². The zero-order chi connectivity index (χ0) is 24.6. The minimum absolute atomic E-state index is 0.00419. The van der Waals surface area contributed by atoms with Crippen molar-refractivity contribution in [3.8, 4) is 10.4 Å². The highest BCUT2D eigenvalue weighted by atomic mass is 32.1. The van der Waals surface area contributed by atoms with Crippen molar-refractivity contribution in [3.63, 3.8) is 0 Å². The third kappa shape index (κ3) is 4.84. The van der Waals surface area contributed by atoms with E-state index in [4.69, 9.17) is 4.74 Å². The molecule has 4 heterocycles. The predicted octanol–water partition coefficient (Wildman–Crippen LogP) is 5.06. The summed E-state index contributed by atoms with van der Waals surface area (Å²) in [6, 6.07) is 0.864. The molecule has 0 aromatic carbocycles. The average molecular weight is 504 g/mol. The Morgan fingerprint density at radius 1 is 1.24 bits per heavy atom. The van der Waals surface area contributed by atoms with Gasteiger partial charge >= 0.3 is 12.1 Å². The molecule has 34 heavy (non-hydrogen) atoms. The van der Waals surface area contributed by atoms with Crippen LogP contribution in [-0.2, 0) is 4.74 Å². The first-order valence-corrected chi connectivity index (χ1v) is 11.5. The Bertz CT molecular complexity index is 1070. The largest absolute Gasteiger partial charge is 0.461 e. The smallest absolute Gasteiger partial charge is 0.405 e. The van der Waals surface area contributed by atoms with E-state index in [2.05, 4.69) is 9.97 Å². The van der Waals surface area contributed by atoms with Crippen LogP contribution in [0, 0.1) is 0 Å². The van der Waals surface area contributed by atoms with Gasteiger partial charge in [-0.15, -0.1) is 11.3 Å². The van der Waals surface area contributed by atoms with Gasteiger partial charge in [0.2, 0.25) is 5.01 Å². The lowest BCUT2D eigenvalue weighted by atomic mass is 10.0. The number of carbonyl (C=O) groups is 2. The van der Waals surface area contributed by atoms with Crippen LogP contribution in [0.1, 0.15) is 64.9 Å². The van der Waals surface area contributed by atoms with E-state index in [0.29, 0.717) is 0 Å². The number of nitrogens with zero attached hydrogens (tertiary/aromatic N) is 3. The Balaban J connectivity index is 1.76. The van der Waals surface area contributed by atoms with Gasteiger partial charge in [0.15, 0.2) is 0 Å². The number of pyridine rings is 1. The van der Waals surface area contributed by atoms with E-state index in [1.807, 2.05) is 5.32 Å². The molecule has 4 rings (SSSR count). The molecule has 184 valence electrons. The lowest BCUT2D eigenvalue weighted by Crippen LogP contribution is -2.35. The fourth-order valence-corrected chi connectivity index (χ4v) is 5.41. The topological polar surface area (TPSA) is 84.4 Å². The standard InChI is InChI=1S/C21H21F5N4O3S/c1-2-33-20(32)18-29-15(19(31)30-10-3-4-11(30)6-5-10)16(34-18)13-8-27-14(7-12(13)17(22)23)28-9-21(24,25)26/h7-8,10-11,17H,2-6,9H2,1H3,(H,27,28). The zero-order valence-electron chi connectivity index (χ0n) is 18.0. The van der Waals surface area contributed by atoms with E-state index < -0.39 is 42.4 Å². The second-order valence-electron chi connectivity index (χ2n) is 8.02. The van der Waals surface area contributed by atoms with Crippen molar-refractivity contribution in [2.24, 2.45) is 0 Å². The SMILES string of the molecule is CCOC(=O)c1nc(C(=O)N2C3CCC2CC3)c(-c2cnc(NCC(F)(F)F)cc2C(F)F)s1. The van der Waals surface area contributed by atoms with Gasteiger partial charge < -0.3 is 15.0 Å². The summed E-state index contributed by atoms with van der Waals surface area (Å²) < 4.78 is 70.4. The second-order valence-corrected chi connectivity index (χ2v) is 9.02. The molecule has 2 aromatic heterocycles. The van der Waals surface area contributed by atoms with Crippen LogP contribution in [0.3, 0.4) is 0 Å². The summed E-state index contributed by atoms with van der Waals surface area (Å²) in [5.74, 6) is -1.66. The number of fused-ring (bicyclic) bond motifs is 2. The molecule has 2 aliphatic rings. The number of nitrogens with one attached hydrogen (secondary N) is 1. The summed E-state index contributed by atoms with van der Waals surface area (Å²) in [5.41, 5.74) is -0.959.